The molecule has 0 fully saturated rings. The second-order valence-corrected chi connectivity index (χ2v) is 2.64. The van der Waals surface area contributed by atoms with Crippen LogP contribution in [0.3, 0.4) is 0 Å². The standard InChI is InChI=1S/C9H16N2O2.C2H6/c1-4-6-11(9(13)5-2)7-8(12)10-3;1-2/h5H,2,4,6-7H2,1,3H3,(H,10,12);1-2H3. The molecule has 4 nitrogen and oxygen atoms in total. The quantitative estimate of drug-likeness (QED) is 0.699. The molecule has 1 N–H and O–H groups in total. The third-order valence-electron chi connectivity index (χ3n) is 1.59. The molecule has 0 rings (SSSR count). The molecule has 0 unspecified atom stereocenters. The van der Waals surface area contributed by atoms with Crippen molar-refractivity contribution in [3.05, 3.63) is 12.7 Å². The molecule has 4 heteroatoms. The van der Waals surface area contributed by atoms with Gasteiger partial charge in [0.2, 0.25) is 11.8 Å². The van der Waals surface area contributed by atoms with Crippen LogP contribution in [0.25, 0.3) is 0 Å². The lowest BCUT2D eigenvalue weighted by atomic mass is 10.3. The maximum atomic E-state index is 11.2. The lowest BCUT2D eigenvalue weighted by molar-refractivity contribution is -0.132. The highest BCUT2D eigenvalue weighted by Crippen LogP contribution is 1.93. The summed E-state index contributed by atoms with van der Waals surface area (Å²) in [6.45, 7) is 10.0. The Morgan fingerprint density at radius 2 is 1.93 bits per heavy atom. The van der Waals surface area contributed by atoms with Crippen LogP contribution in [0, 0.1) is 0 Å². The molecule has 0 bridgehead atoms. The number of amides is 2. The lowest BCUT2D eigenvalue weighted by Crippen LogP contribution is -2.39. The molecular formula is C11H22N2O2. The highest BCUT2D eigenvalue weighted by atomic mass is 16.2. The van der Waals surface area contributed by atoms with Gasteiger partial charge in [-0.3, -0.25) is 9.59 Å². The Labute approximate surface area is 92.3 Å². The van der Waals surface area contributed by atoms with E-state index in [2.05, 4.69) is 11.9 Å². The highest BCUT2D eigenvalue weighted by Gasteiger charge is 2.11. The zero-order valence-electron chi connectivity index (χ0n) is 10.2. The number of rotatable bonds is 5. The van der Waals surface area contributed by atoms with Gasteiger partial charge in [-0.1, -0.05) is 27.4 Å². The van der Waals surface area contributed by atoms with Gasteiger partial charge >= 0.3 is 0 Å². The molecule has 0 aliphatic heterocycles. The first-order valence-corrected chi connectivity index (χ1v) is 5.27. The Morgan fingerprint density at radius 3 is 2.27 bits per heavy atom. The molecule has 0 saturated carbocycles. The van der Waals surface area contributed by atoms with Crippen molar-refractivity contribution in [2.24, 2.45) is 0 Å². The molecule has 0 aliphatic carbocycles. The van der Waals surface area contributed by atoms with E-state index in [0.717, 1.165) is 6.42 Å². The predicted octanol–water partition coefficient (Wildman–Crippen LogP) is 1.18. The number of carbonyl (C=O) groups excluding carboxylic acids is 2. The van der Waals surface area contributed by atoms with Gasteiger partial charge in [-0.2, -0.15) is 0 Å². The van der Waals surface area contributed by atoms with Gasteiger partial charge in [0.1, 0.15) is 0 Å². The molecule has 0 saturated heterocycles. The van der Waals surface area contributed by atoms with Crippen molar-refractivity contribution in [2.45, 2.75) is 27.2 Å². The third kappa shape index (κ3) is 7.73. The summed E-state index contributed by atoms with van der Waals surface area (Å²) in [5, 5.41) is 2.47. The van der Waals surface area contributed by atoms with Crippen LogP contribution in [-0.4, -0.2) is 36.9 Å². The van der Waals surface area contributed by atoms with Crippen LogP contribution < -0.4 is 5.32 Å². The molecule has 0 atom stereocenters. The van der Waals surface area contributed by atoms with Gasteiger partial charge < -0.3 is 10.2 Å². The van der Waals surface area contributed by atoms with E-state index in [1.807, 2.05) is 20.8 Å². The molecule has 0 heterocycles. The van der Waals surface area contributed by atoms with Gasteiger partial charge in [0, 0.05) is 13.6 Å². The molecule has 2 amide bonds. The molecule has 0 radical (unpaired) electrons. The Balaban J connectivity index is 0. The lowest BCUT2D eigenvalue weighted by Gasteiger charge is -2.18. The van der Waals surface area contributed by atoms with E-state index < -0.39 is 0 Å². The Morgan fingerprint density at radius 1 is 1.40 bits per heavy atom. The second-order valence-electron chi connectivity index (χ2n) is 2.64. The number of nitrogens with zero attached hydrogens (tertiary/aromatic N) is 1. The van der Waals surface area contributed by atoms with Crippen LogP contribution in [0.15, 0.2) is 12.7 Å². The largest absolute Gasteiger partial charge is 0.358 e. The van der Waals surface area contributed by atoms with Crippen molar-refractivity contribution >= 4 is 11.8 Å². The van der Waals surface area contributed by atoms with Gasteiger partial charge in [-0.15, -0.1) is 0 Å². The highest BCUT2D eigenvalue weighted by molar-refractivity contribution is 5.90. The summed E-state index contributed by atoms with van der Waals surface area (Å²) in [7, 11) is 1.55. The summed E-state index contributed by atoms with van der Waals surface area (Å²) < 4.78 is 0. The molecule has 0 aromatic carbocycles. The van der Waals surface area contributed by atoms with Crippen molar-refractivity contribution in [1.29, 1.82) is 0 Å². The van der Waals surface area contributed by atoms with Gasteiger partial charge in [-0.05, 0) is 12.5 Å². The van der Waals surface area contributed by atoms with Crippen molar-refractivity contribution < 1.29 is 9.59 Å². The van der Waals surface area contributed by atoms with Crippen molar-refractivity contribution in [1.82, 2.24) is 10.2 Å². The number of carbonyl (C=O) groups is 2. The van der Waals surface area contributed by atoms with Crippen LogP contribution in [0.1, 0.15) is 27.2 Å². The average molecular weight is 214 g/mol. The van der Waals surface area contributed by atoms with E-state index in [4.69, 9.17) is 0 Å². The van der Waals surface area contributed by atoms with Crippen LogP contribution in [0.4, 0.5) is 0 Å². The van der Waals surface area contributed by atoms with E-state index in [9.17, 15) is 9.59 Å². The van der Waals surface area contributed by atoms with Crippen LogP contribution in [0.2, 0.25) is 0 Å². The Bertz CT molecular complexity index is 203. The first kappa shape index (κ1) is 16.1. The summed E-state index contributed by atoms with van der Waals surface area (Å²) in [4.78, 5) is 23.6. The first-order valence-electron chi connectivity index (χ1n) is 5.27. The van der Waals surface area contributed by atoms with Gasteiger partial charge in [-0.25, -0.2) is 0 Å². The molecule has 0 aromatic rings. The zero-order valence-corrected chi connectivity index (χ0v) is 10.2. The van der Waals surface area contributed by atoms with Crippen molar-refractivity contribution in [3.8, 4) is 0 Å². The van der Waals surface area contributed by atoms with Crippen LogP contribution >= 0.6 is 0 Å². The zero-order chi connectivity index (χ0) is 12.3. The average Bonchev–Trinajstić information content (AvgIpc) is 2.29. The van der Waals surface area contributed by atoms with E-state index in [0.29, 0.717) is 6.54 Å². The second kappa shape index (κ2) is 10.8. The number of likely N-dealkylation sites (N-methyl/N-ethyl adjacent to an activating group) is 1. The summed E-state index contributed by atoms with van der Waals surface area (Å²) in [6.07, 6.45) is 2.05. The molecule has 15 heavy (non-hydrogen) atoms. The fourth-order valence-electron chi connectivity index (χ4n) is 0.919. The van der Waals surface area contributed by atoms with Crippen LogP contribution in [0.5, 0.6) is 0 Å². The normalized spacial score (nSPS) is 8.27. The fraction of sp³-hybridized carbons (Fsp3) is 0.636. The van der Waals surface area contributed by atoms with E-state index in [1.54, 1.807) is 7.05 Å². The minimum Gasteiger partial charge on any atom is -0.358 e. The van der Waals surface area contributed by atoms with Crippen LogP contribution in [-0.2, 0) is 9.59 Å². The minimum atomic E-state index is -0.203. The maximum Gasteiger partial charge on any atom is 0.246 e. The van der Waals surface area contributed by atoms with Crippen molar-refractivity contribution in [3.63, 3.8) is 0 Å². The predicted molar refractivity (Wildman–Crippen MR) is 62.5 cm³/mol. The molecular weight excluding hydrogens is 192 g/mol. The smallest absolute Gasteiger partial charge is 0.246 e. The summed E-state index contributed by atoms with van der Waals surface area (Å²) in [5.41, 5.74) is 0. The van der Waals surface area contributed by atoms with Crippen molar-refractivity contribution in [2.75, 3.05) is 20.1 Å². The molecule has 0 aliphatic rings. The summed E-state index contributed by atoms with van der Waals surface area (Å²) in [5.74, 6) is -0.367. The third-order valence-corrected chi connectivity index (χ3v) is 1.59. The molecule has 0 aromatic heterocycles. The Hall–Kier alpha value is -1.32. The number of hydrogen-bond donors (Lipinski definition) is 1. The van der Waals surface area contributed by atoms with Gasteiger partial charge in [0.15, 0.2) is 0 Å². The Kier molecular flexibility index (Phi) is 11.6. The van der Waals surface area contributed by atoms with Gasteiger partial charge in [0.05, 0.1) is 6.54 Å². The number of hydrogen-bond acceptors (Lipinski definition) is 2. The van der Waals surface area contributed by atoms with E-state index >= 15 is 0 Å². The summed E-state index contributed by atoms with van der Waals surface area (Å²) in [6, 6.07) is 0. The number of nitrogens with one attached hydrogen (secondary N) is 1. The summed E-state index contributed by atoms with van der Waals surface area (Å²) >= 11 is 0. The molecule has 88 valence electrons. The minimum absolute atomic E-state index is 0.106. The maximum absolute atomic E-state index is 11.2. The first-order chi connectivity index (χ1) is 7.15. The topological polar surface area (TPSA) is 49.4 Å². The molecule has 0 spiro atoms. The van der Waals surface area contributed by atoms with E-state index in [-0.39, 0.29) is 18.4 Å². The van der Waals surface area contributed by atoms with Gasteiger partial charge in [0.25, 0.3) is 0 Å². The SMILES string of the molecule is C=CC(=O)N(CCC)CC(=O)NC.CC. The monoisotopic (exact) mass is 214 g/mol. The van der Waals surface area contributed by atoms with E-state index in [1.165, 1.54) is 11.0 Å². The fourth-order valence-corrected chi connectivity index (χ4v) is 0.919.